The largest absolute Gasteiger partial charge is 0.500 e. The number of esters is 3. The predicted octanol–water partition coefficient (Wildman–Crippen LogP) is 5.93. The minimum atomic E-state index is -2.35. The smallest absolute Gasteiger partial charge is 0.462 e. The van der Waals surface area contributed by atoms with Gasteiger partial charge in [0.15, 0.2) is 8.32 Å². The van der Waals surface area contributed by atoms with Crippen molar-refractivity contribution in [3.63, 3.8) is 0 Å². The lowest BCUT2D eigenvalue weighted by Gasteiger charge is -2.30. The summed E-state index contributed by atoms with van der Waals surface area (Å²) in [5.74, 6) is -0.453. The molecule has 11 nitrogen and oxygen atoms in total. The summed E-state index contributed by atoms with van der Waals surface area (Å²) in [5.41, 5.74) is 1.09. The molecule has 2 fully saturated rings. The van der Waals surface area contributed by atoms with Crippen LogP contribution in [0.4, 0.5) is 0 Å². The lowest BCUT2D eigenvalue weighted by atomic mass is 9.88. The van der Waals surface area contributed by atoms with Gasteiger partial charge >= 0.3 is 26.7 Å². The number of epoxide rings is 1. The minimum Gasteiger partial charge on any atom is -0.462 e. The molecule has 0 N–H and O–H groups in total. The molecule has 0 bridgehead atoms. The van der Waals surface area contributed by atoms with Gasteiger partial charge < -0.3 is 36.7 Å². The van der Waals surface area contributed by atoms with Gasteiger partial charge in [-0.2, -0.15) is 0 Å². The molecule has 0 aromatic heterocycles. The van der Waals surface area contributed by atoms with E-state index in [9.17, 15) is 14.4 Å². The standard InChI is InChI=1S/C22H36O7Si.C11H22O4Si/c1-17(2)20(23)27-11-8-14-30(26-7,15-9-12-28-21(24)18(3)4)16-10-13-29-22(25)19(5)6;1-12-16(13-2,14-3)7-6-9-4-5-10-11(8-9)15-10/h1,3,5,8-16H2,2,4,6-7H3;9-11H,4-8H2,1-3H3. The maximum Gasteiger partial charge on any atom is 0.500 e. The van der Waals surface area contributed by atoms with Crippen molar-refractivity contribution in [3.8, 4) is 0 Å². The molecule has 13 heteroatoms. The molecule has 2 aliphatic rings. The van der Waals surface area contributed by atoms with Crippen molar-refractivity contribution in [2.24, 2.45) is 5.92 Å². The van der Waals surface area contributed by atoms with Gasteiger partial charge in [-0.15, -0.1) is 0 Å². The van der Waals surface area contributed by atoms with Crippen LogP contribution < -0.4 is 0 Å². The Kier molecular flexibility index (Phi) is 19.7. The molecule has 0 spiro atoms. The van der Waals surface area contributed by atoms with Crippen LogP contribution in [0.5, 0.6) is 0 Å². The molecule has 3 atom stereocenters. The first-order valence-electron chi connectivity index (χ1n) is 16.1. The molecular formula is C33H58O11Si2. The van der Waals surface area contributed by atoms with Crippen LogP contribution in [-0.4, -0.2) is 95.5 Å². The maximum atomic E-state index is 11.5. The zero-order valence-corrected chi connectivity index (χ0v) is 31.2. The second-order valence-corrected chi connectivity index (χ2v) is 19.5. The summed E-state index contributed by atoms with van der Waals surface area (Å²) in [5, 5.41) is 0. The van der Waals surface area contributed by atoms with Crippen molar-refractivity contribution in [1.82, 2.24) is 0 Å². The fraction of sp³-hybridized carbons (Fsp3) is 0.727. The molecule has 1 saturated heterocycles. The Morgan fingerprint density at radius 3 is 1.37 bits per heavy atom. The van der Waals surface area contributed by atoms with Crippen molar-refractivity contribution < 1.29 is 51.0 Å². The Labute approximate surface area is 278 Å². The summed E-state index contributed by atoms with van der Waals surface area (Å²) in [6, 6.07) is 3.24. The Bertz CT molecular complexity index is 920. The highest BCUT2D eigenvalue weighted by atomic mass is 28.4. The molecule has 1 aliphatic heterocycles. The number of rotatable bonds is 22. The first kappa shape index (κ1) is 41.9. The van der Waals surface area contributed by atoms with E-state index in [0.29, 0.717) is 68.0 Å². The summed E-state index contributed by atoms with van der Waals surface area (Å²) in [6.45, 7) is 16.4. The van der Waals surface area contributed by atoms with Gasteiger partial charge in [-0.05, 0) is 89.8 Å². The Hall–Kier alpha value is -2.14. The van der Waals surface area contributed by atoms with E-state index in [1.165, 1.54) is 19.3 Å². The highest BCUT2D eigenvalue weighted by molar-refractivity contribution is 6.73. The quantitative estimate of drug-likeness (QED) is 0.0336. The summed E-state index contributed by atoms with van der Waals surface area (Å²) in [4.78, 5) is 34.6. The number of fused-ring (bicyclic) bond motifs is 1. The van der Waals surface area contributed by atoms with E-state index in [4.69, 9.17) is 36.7 Å². The summed E-state index contributed by atoms with van der Waals surface area (Å²) < 4.78 is 43.3. The van der Waals surface area contributed by atoms with Crippen LogP contribution >= 0.6 is 0 Å². The number of carbonyl (C=O) groups excluding carboxylic acids is 3. The Morgan fingerprint density at radius 1 is 0.630 bits per heavy atom. The summed E-state index contributed by atoms with van der Waals surface area (Å²) >= 11 is 0. The number of hydrogen-bond acceptors (Lipinski definition) is 11. The fourth-order valence-corrected chi connectivity index (χ4v) is 11.0. The minimum absolute atomic E-state index is 0.291. The van der Waals surface area contributed by atoms with Crippen LogP contribution in [0.1, 0.15) is 65.7 Å². The van der Waals surface area contributed by atoms with Gasteiger partial charge in [0, 0.05) is 51.2 Å². The second-order valence-electron chi connectivity index (χ2n) is 12.2. The van der Waals surface area contributed by atoms with Gasteiger partial charge in [-0.1, -0.05) is 19.7 Å². The number of ether oxygens (including phenoxy) is 4. The number of carbonyl (C=O) groups is 3. The molecule has 1 aliphatic carbocycles. The Balaban J connectivity index is 0.000000547. The first-order chi connectivity index (χ1) is 21.8. The molecule has 2 rings (SSSR count). The molecule has 1 heterocycles. The maximum absolute atomic E-state index is 11.5. The average molecular weight is 687 g/mol. The lowest BCUT2D eigenvalue weighted by Crippen LogP contribution is -2.43. The fourth-order valence-electron chi connectivity index (χ4n) is 5.41. The third kappa shape index (κ3) is 15.6. The van der Waals surface area contributed by atoms with E-state index in [-0.39, 0.29) is 0 Å². The molecule has 46 heavy (non-hydrogen) atoms. The van der Waals surface area contributed by atoms with Gasteiger partial charge in [0.1, 0.15) is 0 Å². The van der Waals surface area contributed by atoms with Crippen LogP contribution in [-0.2, 0) is 51.0 Å². The van der Waals surface area contributed by atoms with Gasteiger partial charge in [0.05, 0.1) is 32.0 Å². The molecule has 0 aromatic carbocycles. The van der Waals surface area contributed by atoms with Crippen LogP contribution in [0, 0.1) is 5.92 Å². The normalized spacial score (nSPS) is 18.7. The first-order valence-corrected chi connectivity index (χ1v) is 20.6. The van der Waals surface area contributed by atoms with Crippen molar-refractivity contribution >= 4 is 35.0 Å². The molecule has 0 amide bonds. The predicted molar refractivity (Wildman–Crippen MR) is 181 cm³/mol. The van der Waals surface area contributed by atoms with E-state index in [2.05, 4.69) is 19.7 Å². The molecule has 0 aromatic rings. The van der Waals surface area contributed by atoms with Gasteiger partial charge in [-0.3, -0.25) is 0 Å². The molecule has 1 saturated carbocycles. The van der Waals surface area contributed by atoms with Crippen molar-refractivity contribution in [1.29, 1.82) is 0 Å². The average Bonchev–Trinajstić information content (AvgIpc) is 3.83. The topological polar surface area (TPSA) is 128 Å². The van der Waals surface area contributed by atoms with E-state index < -0.39 is 35.0 Å². The molecule has 0 radical (unpaired) electrons. The molecular weight excluding hydrogens is 629 g/mol. The van der Waals surface area contributed by atoms with Crippen LogP contribution in [0.15, 0.2) is 36.5 Å². The second kappa shape index (κ2) is 21.7. The molecule has 264 valence electrons. The SMILES string of the molecule is C=C(C)C(=O)OCCC[Si](CCCOC(=O)C(=C)C)(CCCOC(=O)C(=C)C)OC.CO[Si](CCC1CCC2OC2C1)(OC)OC. The van der Waals surface area contributed by atoms with Gasteiger partial charge in [0.25, 0.3) is 0 Å². The van der Waals surface area contributed by atoms with E-state index >= 15 is 0 Å². The third-order valence-electron chi connectivity index (χ3n) is 8.41. The lowest BCUT2D eigenvalue weighted by molar-refractivity contribution is -0.139. The highest BCUT2D eigenvalue weighted by Gasteiger charge is 2.45. The van der Waals surface area contributed by atoms with Crippen LogP contribution in [0.25, 0.3) is 0 Å². The van der Waals surface area contributed by atoms with Crippen molar-refractivity contribution in [2.45, 2.75) is 102 Å². The highest BCUT2D eigenvalue weighted by Crippen LogP contribution is 2.41. The monoisotopic (exact) mass is 686 g/mol. The van der Waals surface area contributed by atoms with E-state index in [1.54, 1.807) is 49.2 Å². The van der Waals surface area contributed by atoms with Gasteiger partial charge in [0.2, 0.25) is 0 Å². The Morgan fingerprint density at radius 2 is 1.04 bits per heavy atom. The van der Waals surface area contributed by atoms with Crippen molar-refractivity contribution in [3.05, 3.63) is 36.5 Å². The van der Waals surface area contributed by atoms with Crippen LogP contribution in [0.3, 0.4) is 0 Å². The zero-order valence-electron chi connectivity index (χ0n) is 29.2. The van der Waals surface area contributed by atoms with Crippen molar-refractivity contribution in [2.75, 3.05) is 48.3 Å². The van der Waals surface area contributed by atoms with E-state index in [1.807, 2.05) is 0 Å². The number of hydrogen-bond donors (Lipinski definition) is 0. The van der Waals surface area contributed by atoms with Gasteiger partial charge in [-0.25, -0.2) is 14.4 Å². The summed E-state index contributed by atoms with van der Waals surface area (Å²) in [7, 11) is 2.17. The molecule has 3 unspecified atom stereocenters. The van der Waals surface area contributed by atoms with Crippen LogP contribution in [0.2, 0.25) is 24.2 Å². The zero-order chi connectivity index (χ0) is 34.8. The summed E-state index contributed by atoms with van der Waals surface area (Å²) in [6.07, 6.45) is 8.00. The van der Waals surface area contributed by atoms with E-state index in [0.717, 1.165) is 36.5 Å². The third-order valence-corrected chi connectivity index (χ3v) is 15.8.